The molecule has 0 saturated heterocycles. The van der Waals surface area contributed by atoms with E-state index in [1.54, 1.807) is 20.0 Å². The van der Waals surface area contributed by atoms with Gasteiger partial charge in [0.05, 0.1) is 27.8 Å². The predicted molar refractivity (Wildman–Crippen MR) is 89.2 cm³/mol. The van der Waals surface area contributed by atoms with Crippen LogP contribution in [0.2, 0.25) is 0 Å². The Morgan fingerprint density at radius 1 is 1.36 bits per heavy atom. The predicted octanol–water partition coefficient (Wildman–Crippen LogP) is 0.985. The number of hydrogen-bond acceptors (Lipinski definition) is 6. The monoisotopic (exact) mass is 342 g/mol. The summed E-state index contributed by atoms with van der Waals surface area (Å²) in [6.45, 7) is 1.52. The van der Waals surface area contributed by atoms with Crippen LogP contribution in [0.1, 0.15) is 5.69 Å². The van der Waals surface area contributed by atoms with Gasteiger partial charge in [-0.25, -0.2) is 4.98 Å². The zero-order valence-corrected chi connectivity index (χ0v) is 13.5. The topological polar surface area (TPSA) is 125 Å². The molecule has 0 aliphatic heterocycles. The first kappa shape index (κ1) is 16.3. The summed E-state index contributed by atoms with van der Waals surface area (Å²) in [6.07, 6.45) is 1.24. The number of nitro groups is 1. The zero-order valence-electron chi connectivity index (χ0n) is 13.5. The number of anilines is 1. The van der Waals surface area contributed by atoms with E-state index in [9.17, 15) is 19.7 Å². The van der Waals surface area contributed by atoms with Gasteiger partial charge in [0.1, 0.15) is 12.4 Å². The molecule has 0 atom stereocenters. The summed E-state index contributed by atoms with van der Waals surface area (Å²) in [6, 6.07) is 5.53. The van der Waals surface area contributed by atoms with Crippen LogP contribution in [0.25, 0.3) is 10.9 Å². The molecule has 1 N–H and O–H groups in total. The number of aryl methyl sites for hydroxylation is 2. The van der Waals surface area contributed by atoms with Crippen LogP contribution in [0.5, 0.6) is 0 Å². The molecular weight excluding hydrogens is 328 g/mol. The fourth-order valence-corrected chi connectivity index (χ4v) is 2.44. The second-order valence-corrected chi connectivity index (χ2v) is 5.48. The minimum atomic E-state index is -0.590. The minimum absolute atomic E-state index is 0.0841. The van der Waals surface area contributed by atoms with Gasteiger partial charge in [0.25, 0.3) is 11.2 Å². The molecule has 2 heterocycles. The van der Waals surface area contributed by atoms with E-state index in [0.717, 1.165) is 16.3 Å². The Balaban J connectivity index is 1.89. The van der Waals surface area contributed by atoms with Crippen molar-refractivity contribution in [1.29, 1.82) is 0 Å². The number of rotatable bonds is 4. The van der Waals surface area contributed by atoms with Gasteiger partial charge in [-0.1, -0.05) is 0 Å². The third-order valence-corrected chi connectivity index (χ3v) is 3.60. The number of fused-ring (bicyclic) bond motifs is 1. The van der Waals surface area contributed by atoms with Crippen LogP contribution in [0.15, 0.2) is 35.4 Å². The summed E-state index contributed by atoms with van der Waals surface area (Å²) in [5.41, 5.74) is 0.341. The van der Waals surface area contributed by atoms with Crippen molar-refractivity contribution in [3.8, 4) is 0 Å². The molecule has 2 aromatic heterocycles. The minimum Gasteiger partial charge on any atom is -0.309 e. The van der Waals surface area contributed by atoms with Crippen molar-refractivity contribution in [3.05, 3.63) is 56.8 Å². The van der Waals surface area contributed by atoms with Crippen LogP contribution in [-0.4, -0.2) is 30.2 Å². The first-order chi connectivity index (χ1) is 11.8. The van der Waals surface area contributed by atoms with E-state index >= 15 is 0 Å². The Kier molecular flexibility index (Phi) is 4.01. The molecule has 0 saturated carbocycles. The van der Waals surface area contributed by atoms with Gasteiger partial charge in [-0.05, 0) is 13.0 Å². The molecule has 10 nitrogen and oxygen atoms in total. The van der Waals surface area contributed by atoms with E-state index in [0.29, 0.717) is 11.3 Å². The first-order valence-electron chi connectivity index (χ1n) is 7.29. The summed E-state index contributed by atoms with van der Waals surface area (Å²) in [5.74, 6) is 0.0663. The Morgan fingerprint density at radius 2 is 2.12 bits per heavy atom. The van der Waals surface area contributed by atoms with E-state index in [-0.39, 0.29) is 17.6 Å². The molecule has 0 spiro atoms. The van der Waals surface area contributed by atoms with Crippen molar-refractivity contribution in [2.75, 3.05) is 5.32 Å². The number of aromatic nitrogens is 4. The standard InChI is InChI=1S/C15H14N6O4/c1-9-5-13(19(2)18-9)17-14(22)7-20-8-16-12-4-3-10(21(24)25)6-11(12)15(20)23/h3-6,8H,7H2,1-2H3,(H,17,22). The first-order valence-corrected chi connectivity index (χ1v) is 7.29. The van der Waals surface area contributed by atoms with Crippen LogP contribution in [-0.2, 0) is 18.4 Å². The lowest BCUT2D eigenvalue weighted by atomic mass is 10.2. The van der Waals surface area contributed by atoms with E-state index in [1.165, 1.54) is 23.1 Å². The van der Waals surface area contributed by atoms with Crippen molar-refractivity contribution in [1.82, 2.24) is 19.3 Å². The van der Waals surface area contributed by atoms with Crippen LogP contribution in [0.4, 0.5) is 11.5 Å². The smallest absolute Gasteiger partial charge is 0.270 e. The highest BCUT2D eigenvalue weighted by molar-refractivity contribution is 5.90. The second kappa shape index (κ2) is 6.15. The maximum absolute atomic E-state index is 12.5. The molecule has 0 fully saturated rings. The number of carbonyl (C=O) groups excluding carboxylic acids is 1. The van der Waals surface area contributed by atoms with Gasteiger partial charge in [-0.15, -0.1) is 0 Å². The molecular formula is C15H14N6O4. The quantitative estimate of drug-likeness (QED) is 0.556. The molecule has 25 heavy (non-hydrogen) atoms. The largest absolute Gasteiger partial charge is 0.309 e. The number of nitro benzene ring substituents is 1. The average molecular weight is 342 g/mol. The fraction of sp³-hybridized carbons (Fsp3) is 0.200. The SMILES string of the molecule is Cc1cc(NC(=O)Cn2cnc3ccc([N+](=O)[O-])cc3c2=O)n(C)n1. The number of amides is 1. The van der Waals surface area contributed by atoms with Gasteiger partial charge in [-0.2, -0.15) is 5.10 Å². The summed E-state index contributed by atoms with van der Waals surface area (Å²) in [5, 5.41) is 17.7. The Labute approximate surface area is 140 Å². The van der Waals surface area contributed by atoms with Crippen molar-refractivity contribution in [3.63, 3.8) is 0 Å². The number of nitrogens with one attached hydrogen (secondary N) is 1. The van der Waals surface area contributed by atoms with Crippen LogP contribution >= 0.6 is 0 Å². The van der Waals surface area contributed by atoms with Crippen LogP contribution in [0.3, 0.4) is 0 Å². The van der Waals surface area contributed by atoms with Gasteiger partial charge in [0.15, 0.2) is 0 Å². The molecule has 0 aliphatic rings. The molecule has 3 aromatic rings. The lowest BCUT2D eigenvalue weighted by Crippen LogP contribution is -2.28. The number of hydrogen-bond donors (Lipinski definition) is 1. The van der Waals surface area contributed by atoms with E-state index in [4.69, 9.17) is 0 Å². The summed E-state index contributed by atoms with van der Waals surface area (Å²) >= 11 is 0. The number of carbonyl (C=O) groups is 1. The number of non-ortho nitro benzene ring substituents is 1. The highest BCUT2D eigenvalue weighted by Crippen LogP contribution is 2.16. The second-order valence-electron chi connectivity index (χ2n) is 5.48. The van der Waals surface area contributed by atoms with Gasteiger partial charge < -0.3 is 5.32 Å². The molecule has 1 aromatic carbocycles. The maximum Gasteiger partial charge on any atom is 0.270 e. The van der Waals surface area contributed by atoms with Gasteiger partial charge >= 0.3 is 0 Å². The van der Waals surface area contributed by atoms with Gasteiger partial charge in [-0.3, -0.25) is 29.0 Å². The Bertz CT molecular complexity index is 1050. The van der Waals surface area contributed by atoms with E-state index in [1.807, 2.05) is 0 Å². The zero-order chi connectivity index (χ0) is 18.1. The molecule has 0 aliphatic carbocycles. The molecule has 3 rings (SSSR count). The molecule has 10 heteroatoms. The van der Waals surface area contributed by atoms with Crippen LogP contribution < -0.4 is 10.9 Å². The molecule has 0 bridgehead atoms. The maximum atomic E-state index is 12.5. The highest BCUT2D eigenvalue weighted by atomic mass is 16.6. The average Bonchev–Trinajstić information content (AvgIpc) is 2.87. The van der Waals surface area contributed by atoms with E-state index < -0.39 is 16.4 Å². The van der Waals surface area contributed by atoms with Crippen molar-refractivity contribution >= 4 is 28.3 Å². The fourth-order valence-electron chi connectivity index (χ4n) is 2.44. The highest BCUT2D eigenvalue weighted by Gasteiger charge is 2.13. The molecule has 128 valence electrons. The third-order valence-electron chi connectivity index (χ3n) is 3.60. The van der Waals surface area contributed by atoms with Crippen LogP contribution in [0, 0.1) is 17.0 Å². The normalized spacial score (nSPS) is 10.8. The van der Waals surface area contributed by atoms with E-state index in [2.05, 4.69) is 15.4 Å². The lowest BCUT2D eigenvalue weighted by Gasteiger charge is -2.08. The van der Waals surface area contributed by atoms with Crippen molar-refractivity contribution in [2.45, 2.75) is 13.5 Å². The lowest BCUT2D eigenvalue weighted by molar-refractivity contribution is -0.384. The molecule has 0 unspecified atom stereocenters. The number of nitrogens with zero attached hydrogens (tertiary/aromatic N) is 5. The summed E-state index contributed by atoms with van der Waals surface area (Å²) < 4.78 is 2.61. The summed E-state index contributed by atoms with van der Waals surface area (Å²) in [7, 11) is 1.69. The summed E-state index contributed by atoms with van der Waals surface area (Å²) in [4.78, 5) is 39.0. The number of benzene rings is 1. The van der Waals surface area contributed by atoms with Crippen molar-refractivity contribution in [2.24, 2.45) is 7.05 Å². The Morgan fingerprint density at radius 3 is 2.76 bits per heavy atom. The Hall–Kier alpha value is -3.56. The van der Waals surface area contributed by atoms with Gasteiger partial charge in [0, 0.05) is 25.2 Å². The molecule has 1 amide bonds. The van der Waals surface area contributed by atoms with Gasteiger partial charge in [0.2, 0.25) is 5.91 Å². The van der Waals surface area contributed by atoms with Crippen molar-refractivity contribution < 1.29 is 9.72 Å². The third kappa shape index (κ3) is 3.22. The molecule has 0 radical (unpaired) electrons.